The number of benzene rings is 1. The number of carbonyl (C=O) groups is 1. The lowest BCUT2D eigenvalue weighted by Gasteiger charge is -2.11. The van der Waals surface area contributed by atoms with Gasteiger partial charge in [0, 0.05) is 10.5 Å². The van der Waals surface area contributed by atoms with Gasteiger partial charge in [0.15, 0.2) is 5.82 Å². The first kappa shape index (κ1) is 17.0. The lowest BCUT2D eigenvalue weighted by Crippen LogP contribution is -2.28. The van der Waals surface area contributed by atoms with Crippen LogP contribution in [0.1, 0.15) is 5.82 Å². The maximum absolute atomic E-state index is 13.8. The number of amides is 1. The third-order valence-corrected chi connectivity index (χ3v) is 3.80. The maximum atomic E-state index is 13.8. The van der Waals surface area contributed by atoms with Gasteiger partial charge in [0.2, 0.25) is 5.91 Å². The van der Waals surface area contributed by atoms with E-state index in [-0.39, 0.29) is 18.1 Å². The van der Waals surface area contributed by atoms with Gasteiger partial charge in [-0.1, -0.05) is 27.2 Å². The zero-order chi connectivity index (χ0) is 18.0. The SMILES string of the molecule is Cc1noc(-c2cccc(=O)n2CC(=O)Nc2ccc(Br)cc2F)n1. The van der Waals surface area contributed by atoms with Crippen molar-refractivity contribution in [3.8, 4) is 11.6 Å². The van der Waals surface area contributed by atoms with Crippen molar-refractivity contribution in [1.29, 1.82) is 0 Å². The molecule has 3 aromatic rings. The molecule has 1 amide bonds. The van der Waals surface area contributed by atoms with Crippen molar-refractivity contribution >= 4 is 27.5 Å². The van der Waals surface area contributed by atoms with Gasteiger partial charge in [-0.25, -0.2) is 4.39 Å². The number of aryl methyl sites for hydroxylation is 1. The zero-order valence-corrected chi connectivity index (χ0v) is 14.6. The highest BCUT2D eigenvalue weighted by Crippen LogP contribution is 2.20. The molecule has 0 atom stereocenters. The first-order chi connectivity index (χ1) is 11.9. The zero-order valence-electron chi connectivity index (χ0n) is 13.0. The summed E-state index contributed by atoms with van der Waals surface area (Å²) in [5.41, 5.74) is -0.0910. The van der Waals surface area contributed by atoms with E-state index in [9.17, 15) is 14.0 Å². The van der Waals surface area contributed by atoms with Gasteiger partial charge in [0.25, 0.3) is 11.4 Å². The Hall–Kier alpha value is -2.81. The largest absolute Gasteiger partial charge is 0.332 e. The van der Waals surface area contributed by atoms with Crippen LogP contribution in [0.5, 0.6) is 0 Å². The number of hydrogen-bond acceptors (Lipinski definition) is 5. The number of pyridine rings is 1. The lowest BCUT2D eigenvalue weighted by molar-refractivity contribution is -0.116. The summed E-state index contributed by atoms with van der Waals surface area (Å²) >= 11 is 3.14. The van der Waals surface area contributed by atoms with Crippen LogP contribution >= 0.6 is 15.9 Å². The topological polar surface area (TPSA) is 90.0 Å². The molecule has 3 rings (SSSR count). The Bertz CT molecular complexity index is 999. The van der Waals surface area contributed by atoms with E-state index in [2.05, 4.69) is 31.4 Å². The average Bonchev–Trinajstić information content (AvgIpc) is 2.98. The highest BCUT2D eigenvalue weighted by molar-refractivity contribution is 9.10. The van der Waals surface area contributed by atoms with Gasteiger partial charge in [0.1, 0.15) is 18.1 Å². The second-order valence-corrected chi connectivity index (χ2v) is 6.07. The Balaban J connectivity index is 1.87. The molecule has 0 aliphatic rings. The van der Waals surface area contributed by atoms with Gasteiger partial charge in [-0.15, -0.1) is 0 Å². The molecule has 0 fully saturated rings. The summed E-state index contributed by atoms with van der Waals surface area (Å²) in [5, 5.41) is 6.11. The van der Waals surface area contributed by atoms with Crippen LogP contribution in [0.15, 0.2) is 50.2 Å². The van der Waals surface area contributed by atoms with Crippen molar-refractivity contribution in [3.63, 3.8) is 0 Å². The Morgan fingerprint density at radius 3 is 2.84 bits per heavy atom. The molecule has 0 aliphatic heterocycles. The fourth-order valence-corrected chi connectivity index (χ4v) is 2.53. The number of carbonyl (C=O) groups excluding carboxylic acids is 1. The number of rotatable bonds is 4. The van der Waals surface area contributed by atoms with Gasteiger partial charge in [-0.05, 0) is 31.2 Å². The Labute approximate surface area is 149 Å². The van der Waals surface area contributed by atoms with Crippen molar-refractivity contribution in [3.05, 3.63) is 62.9 Å². The van der Waals surface area contributed by atoms with E-state index in [1.807, 2.05) is 0 Å². The normalized spacial score (nSPS) is 10.7. The summed E-state index contributed by atoms with van der Waals surface area (Å²) < 4.78 is 20.6. The molecule has 0 bridgehead atoms. The van der Waals surface area contributed by atoms with E-state index in [4.69, 9.17) is 4.52 Å². The monoisotopic (exact) mass is 406 g/mol. The van der Waals surface area contributed by atoms with Crippen molar-refractivity contribution in [2.45, 2.75) is 13.5 Å². The molecule has 0 radical (unpaired) electrons. The summed E-state index contributed by atoms with van der Waals surface area (Å²) in [6.07, 6.45) is 0. The van der Waals surface area contributed by atoms with Crippen LogP contribution in [-0.4, -0.2) is 20.6 Å². The van der Waals surface area contributed by atoms with Crippen LogP contribution in [0.25, 0.3) is 11.6 Å². The van der Waals surface area contributed by atoms with Crippen molar-refractivity contribution in [1.82, 2.24) is 14.7 Å². The van der Waals surface area contributed by atoms with Gasteiger partial charge < -0.3 is 9.84 Å². The molecule has 0 spiro atoms. The number of anilines is 1. The van der Waals surface area contributed by atoms with Crippen molar-refractivity contribution in [2.24, 2.45) is 0 Å². The third kappa shape index (κ3) is 3.82. The van der Waals surface area contributed by atoms with E-state index < -0.39 is 17.3 Å². The quantitative estimate of drug-likeness (QED) is 0.719. The van der Waals surface area contributed by atoms with E-state index in [0.29, 0.717) is 16.0 Å². The molecule has 7 nitrogen and oxygen atoms in total. The molecule has 0 unspecified atom stereocenters. The number of nitrogens with one attached hydrogen (secondary N) is 1. The van der Waals surface area contributed by atoms with Crippen LogP contribution in [-0.2, 0) is 11.3 Å². The minimum absolute atomic E-state index is 0.0207. The predicted octanol–water partition coefficient (Wildman–Crippen LogP) is 2.75. The van der Waals surface area contributed by atoms with Crippen LogP contribution in [0.4, 0.5) is 10.1 Å². The smallest absolute Gasteiger partial charge is 0.274 e. The first-order valence-corrected chi connectivity index (χ1v) is 7.99. The van der Waals surface area contributed by atoms with E-state index in [1.54, 1.807) is 19.1 Å². The highest BCUT2D eigenvalue weighted by atomic mass is 79.9. The van der Waals surface area contributed by atoms with Crippen LogP contribution < -0.4 is 10.9 Å². The summed E-state index contributed by atoms with van der Waals surface area (Å²) in [5.74, 6) is -0.625. The van der Waals surface area contributed by atoms with Gasteiger partial charge in [-0.3, -0.25) is 14.2 Å². The Kier molecular flexibility index (Phi) is 4.75. The molecule has 0 aliphatic carbocycles. The summed E-state index contributed by atoms with van der Waals surface area (Å²) in [6, 6.07) is 8.67. The van der Waals surface area contributed by atoms with E-state index >= 15 is 0 Å². The Morgan fingerprint density at radius 1 is 1.36 bits per heavy atom. The minimum Gasteiger partial charge on any atom is -0.332 e. The van der Waals surface area contributed by atoms with Crippen LogP contribution in [0.3, 0.4) is 0 Å². The third-order valence-electron chi connectivity index (χ3n) is 3.30. The van der Waals surface area contributed by atoms with Crippen LogP contribution in [0.2, 0.25) is 0 Å². The number of hydrogen-bond donors (Lipinski definition) is 1. The van der Waals surface area contributed by atoms with E-state index in [1.165, 1.54) is 28.8 Å². The first-order valence-electron chi connectivity index (χ1n) is 7.19. The molecular formula is C16H12BrFN4O3. The molecule has 25 heavy (non-hydrogen) atoms. The molecule has 2 aromatic heterocycles. The molecule has 128 valence electrons. The molecule has 9 heteroatoms. The minimum atomic E-state index is -0.587. The number of nitrogens with zero attached hydrogens (tertiary/aromatic N) is 3. The van der Waals surface area contributed by atoms with Gasteiger partial charge in [-0.2, -0.15) is 4.98 Å². The standard InChI is InChI=1S/C16H12BrFN4O3/c1-9-19-16(25-21-9)13-3-2-4-15(24)22(13)8-14(23)20-12-6-5-10(17)7-11(12)18/h2-7H,8H2,1H3,(H,20,23). The van der Waals surface area contributed by atoms with Gasteiger partial charge in [0.05, 0.1) is 5.69 Å². The molecular weight excluding hydrogens is 395 g/mol. The second-order valence-electron chi connectivity index (χ2n) is 5.15. The molecule has 0 saturated carbocycles. The van der Waals surface area contributed by atoms with E-state index in [0.717, 1.165) is 0 Å². The van der Waals surface area contributed by atoms with Gasteiger partial charge >= 0.3 is 0 Å². The molecule has 1 N–H and O–H groups in total. The predicted molar refractivity (Wildman–Crippen MR) is 91.5 cm³/mol. The number of halogens is 2. The summed E-state index contributed by atoms with van der Waals surface area (Å²) in [6.45, 7) is 1.31. The molecule has 2 heterocycles. The summed E-state index contributed by atoms with van der Waals surface area (Å²) in [7, 11) is 0. The second kappa shape index (κ2) is 6.98. The van der Waals surface area contributed by atoms with Crippen LogP contribution in [0, 0.1) is 12.7 Å². The molecule has 0 saturated heterocycles. The lowest BCUT2D eigenvalue weighted by atomic mass is 10.3. The Morgan fingerprint density at radius 2 is 2.16 bits per heavy atom. The van der Waals surface area contributed by atoms with Crippen molar-refractivity contribution in [2.75, 3.05) is 5.32 Å². The average molecular weight is 407 g/mol. The van der Waals surface area contributed by atoms with Crippen molar-refractivity contribution < 1.29 is 13.7 Å². The summed E-state index contributed by atoms with van der Waals surface area (Å²) in [4.78, 5) is 28.4. The fourth-order valence-electron chi connectivity index (χ4n) is 2.20. The number of aromatic nitrogens is 3. The maximum Gasteiger partial charge on any atom is 0.274 e. The fraction of sp³-hybridized carbons (Fsp3) is 0.125. The highest BCUT2D eigenvalue weighted by Gasteiger charge is 2.16. The molecule has 1 aromatic carbocycles.